The summed E-state index contributed by atoms with van der Waals surface area (Å²) in [7, 11) is 0. The lowest BCUT2D eigenvalue weighted by molar-refractivity contribution is -0.140. The lowest BCUT2D eigenvalue weighted by Crippen LogP contribution is -2.43. The molecule has 1 aromatic rings. The minimum atomic E-state index is -0.774. The van der Waals surface area contributed by atoms with Crippen molar-refractivity contribution in [3.63, 3.8) is 0 Å². The molecule has 130 valence electrons. The van der Waals surface area contributed by atoms with Crippen molar-refractivity contribution in [1.82, 2.24) is 0 Å². The third kappa shape index (κ3) is 6.61. The van der Waals surface area contributed by atoms with Gasteiger partial charge >= 0.3 is 0 Å². The maximum atomic E-state index is 12.6. The van der Waals surface area contributed by atoms with Gasteiger partial charge < -0.3 is 14.8 Å². The zero-order valence-electron chi connectivity index (χ0n) is 15.0. The standard InChI is InChI=1S/C19H31NO3/c1-5-8-13-19(4,23-15-7-3)18(21)20-16-9-11-17(12-10-16)22-14-6-2/h9-12H,5-8,13-15H2,1-4H3,(H,20,21)/t19-/m1/s1. The molecule has 0 fully saturated rings. The van der Waals surface area contributed by atoms with Gasteiger partial charge in [0.25, 0.3) is 5.91 Å². The number of benzene rings is 1. The first-order chi connectivity index (χ1) is 11.1. The molecule has 0 bridgehead atoms. The Bertz CT molecular complexity index is 448. The average molecular weight is 321 g/mol. The van der Waals surface area contributed by atoms with Gasteiger partial charge in [-0.05, 0) is 50.5 Å². The van der Waals surface area contributed by atoms with Gasteiger partial charge in [-0.25, -0.2) is 0 Å². The molecule has 1 aromatic carbocycles. The van der Waals surface area contributed by atoms with Crippen LogP contribution in [0.4, 0.5) is 5.69 Å². The molecule has 0 aliphatic carbocycles. The topological polar surface area (TPSA) is 47.6 Å². The first-order valence-electron chi connectivity index (χ1n) is 8.74. The Morgan fingerprint density at radius 2 is 1.70 bits per heavy atom. The van der Waals surface area contributed by atoms with Crippen LogP contribution in [-0.4, -0.2) is 24.7 Å². The molecule has 0 saturated carbocycles. The van der Waals surface area contributed by atoms with Crippen LogP contribution in [0, 0.1) is 0 Å². The van der Waals surface area contributed by atoms with E-state index in [1.165, 1.54) is 0 Å². The van der Waals surface area contributed by atoms with E-state index in [1.54, 1.807) is 0 Å². The lowest BCUT2D eigenvalue weighted by Gasteiger charge is -2.28. The number of hydrogen-bond donors (Lipinski definition) is 1. The SMILES string of the molecule is CCCC[C@@](C)(OCCC)C(=O)Nc1ccc(OCCC)cc1. The molecule has 1 N–H and O–H groups in total. The van der Waals surface area contributed by atoms with E-state index in [-0.39, 0.29) is 5.91 Å². The first kappa shape index (κ1) is 19.5. The minimum absolute atomic E-state index is 0.0818. The molecule has 0 unspecified atom stereocenters. The number of carbonyl (C=O) groups is 1. The van der Waals surface area contributed by atoms with Crippen molar-refractivity contribution in [2.24, 2.45) is 0 Å². The molecule has 0 heterocycles. The number of amides is 1. The number of unbranched alkanes of at least 4 members (excludes halogenated alkanes) is 1. The second-order valence-electron chi connectivity index (χ2n) is 6.01. The largest absolute Gasteiger partial charge is 0.494 e. The monoisotopic (exact) mass is 321 g/mol. The van der Waals surface area contributed by atoms with Gasteiger partial charge in [-0.15, -0.1) is 0 Å². The van der Waals surface area contributed by atoms with E-state index in [9.17, 15) is 4.79 Å². The fraction of sp³-hybridized carbons (Fsp3) is 0.632. The fourth-order valence-corrected chi connectivity index (χ4v) is 2.21. The van der Waals surface area contributed by atoms with Crippen molar-refractivity contribution < 1.29 is 14.3 Å². The number of nitrogens with one attached hydrogen (secondary N) is 1. The molecule has 0 radical (unpaired) electrons. The lowest BCUT2D eigenvalue weighted by atomic mass is 9.97. The summed E-state index contributed by atoms with van der Waals surface area (Å²) in [6.45, 7) is 9.41. The van der Waals surface area contributed by atoms with Crippen LogP contribution in [0.25, 0.3) is 0 Å². The van der Waals surface area contributed by atoms with Gasteiger partial charge in [-0.2, -0.15) is 0 Å². The van der Waals surface area contributed by atoms with Crippen LogP contribution in [0.2, 0.25) is 0 Å². The molecule has 0 aliphatic heterocycles. The number of rotatable bonds is 11. The summed E-state index contributed by atoms with van der Waals surface area (Å²) in [5.41, 5.74) is -0.00897. The van der Waals surface area contributed by atoms with Crippen molar-refractivity contribution in [2.75, 3.05) is 18.5 Å². The molecular weight excluding hydrogens is 290 g/mol. The Balaban J connectivity index is 2.69. The molecule has 23 heavy (non-hydrogen) atoms. The summed E-state index contributed by atoms with van der Waals surface area (Å²) < 4.78 is 11.4. The predicted molar refractivity (Wildman–Crippen MR) is 95.0 cm³/mol. The van der Waals surface area contributed by atoms with E-state index < -0.39 is 5.60 Å². The van der Waals surface area contributed by atoms with E-state index >= 15 is 0 Å². The Kier molecular flexibility index (Phi) is 8.70. The second-order valence-corrected chi connectivity index (χ2v) is 6.01. The molecule has 1 amide bonds. The maximum absolute atomic E-state index is 12.6. The molecule has 1 atom stereocenters. The Morgan fingerprint density at radius 3 is 2.26 bits per heavy atom. The average Bonchev–Trinajstić information content (AvgIpc) is 2.57. The van der Waals surface area contributed by atoms with Gasteiger partial charge in [-0.1, -0.05) is 33.6 Å². The summed E-state index contributed by atoms with van der Waals surface area (Å²) in [6.07, 6.45) is 4.62. The Labute approximate surface area is 140 Å². The highest BCUT2D eigenvalue weighted by Crippen LogP contribution is 2.23. The zero-order valence-corrected chi connectivity index (χ0v) is 15.0. The molecule has 0 aromatic heterocycles. The van der Waals surface area contributed by atoms with E-state index in [0.717, 1.165) is 43.5 Å². The van der Waals surface area contributed by atoms with E-state index in [1.807, 2.05) is 38.1 Å². The van der Waals surface area contributed by atoms with Crippen molar-refractivity contribution in [1.29, 1.82) is 0 Å². The van der Waals surface area contributed by atoms with Crippen LogP contribution in [0.15, 0.2) is 24.3 Å². The van der Waals surface area contributed by atoms with Crippen molar-refractivity contribution in [2.45, 2.75) is 65.4 Å². The van der Waals surface area contributed by atoms with E-state index in [4.69, 9.17) is 9.47 Å². The summed E-state index contributed by atoms with van der Waals surface area (Å²) in [5, 5.41) is 2.96. The van der Waals surface area contributed by atoms with Crippen molar-refractivity contribution in [3.05, 3.63) is 24.3 Å². The highest BCUT2D eigenvalue weighted by atomic mass is 16.5. The van der Waals surface area contributed by atoms with Crippen LogP contribution in [0.3, 0.4) is 0 Å². The van der Waals surface area contributed by atoms with Crippen LogP contribution in [0.1, 0.15) is 59.8 Å². The number of ether oxygens (including phenoxy) is 2. The summed E-state index contributed by atoms with van der Waals surface area (Å²) in [6, 6.07) is 7.48. The van der Waals surface area contributed by atoms with Crippen molar-refractivity contribution in [3.8, 4) is 5.75 Å². The molecule has 0 spiro atoms. The van der Waals surface area contributed by atoms with Crippen LogP contribution in [0.5, 0.6) is 5.75 Å². The molecular formula is C19H31NO3. The first-order valence-corrected chi connectivity index (χ1v) is 8.74. The van der Waals surface area contributed by atoms with Gasteiger partial charge in [-0.3, -0.25) is 4.79 Å². The smallest absolute Gasteiger partial charge is 0.256 e. The van der Waals surface area contributed by atoms with Gasteiger partial charge in [0, 0.05) is 12.3 Å². The normalized spacial score (nSPS) is 13.4. The fourth-order valence-electron chi connectivity index (χ4n) is 2.21. The Hall–Kier alpha value is -1.55. The molecule has 0 saturated heterocycles. The number of carbonyl (C=O) groups excluding carboxylic acids is 1. The quantitative estimate of drug-likeness (QED) is 0.637. The van der Waals surface area contributed by atoms with Gasteiger partial charge in [0.05, 0.1) is 6.61 Å². The van der Waals surface area contributed by atoms with Crippen LogP contribution < -0.4 is 10.1 Å². The van der Waals surface area contributed by atoms with E-state index in [2.05, 4.69) is 19.2 Å². The van der Waals surface area contributed by atoms with Crippen LogP contribution >= 0.6 is 0 Å². The third-order valence-corrected chi connectivity index (χ3v) is 3.70. The third-order valence-electron chi connectivity index (χ3n) is 3.70. The molecule has 4 nitrogen and oxygen atoms in total. The summed E-state index contributed by atoms with van der Waals surface area (Å²) >= 11 is 0. The van der Waals surface area contributed by atoms with Gasteiger partial charge in [0.2, 0.25) is 0 Å². The minimum Gasteiger partial charge on any atom is -0.494 e. The highest BCUT2D eigenvalue weighted by Gasteiger charge is 2.33. The highest BCUT2D eigenvalue weighted by molar-refractivity contribution is 5.97. The van der Waals surface area contributed by atoms with Gasteiger partial charge in [0.15, 0.2) is 0 Å². The van der Waals surface area contributed by atoms with Gasteiger partial charge in [0.1, 0.15) is 11.4 Å². The zero-order chi connectivity index (χ0) is 17.1. The number of anilines is 1. The summed E-state index contributed by atoms with van der Waals surface area (Å²) in [4.78, 5) is 12.6. The molecule has 4 heteroatoms. The Morgan fingerprint density at radius 1 is 1.04 bits per heavy atom. The number of hydrogen-bond acceptors (Lipinski definition) is 3. The van der Waals surface area contributed by atoms with E-state index in [0.29, 0.717) is 13.2 Å². The maximum Gasteiger partial charge on any atom is 0.256 e. The molecule has 0 aliphatic rings. The summed E-state index contributed by atoms with van der Waals surface area (Å²) in [5.74, 6) is 0.738. The molecule has 1 rings (SSSR count). The predicted octanol–water partition coefficient (Wildman–Crippen LogP) is 4.79. The second kappa shape index (κ2) is 10.3. The van der Waals surface area contributed by atoms with Crippen LogP contribution in [-0.2, 0) is 9.53 Å². The van der Waals surface area contributed by atoms with Crippen molar-refractivity contribution >= 4 is 11.6 Å².